The van der Waals surface area contributed by atoms with Gasteiger partial charge in [0.25, 0.3) is 0 Å². The Kier molecular flexibility index (Phi) is 5.99. The van der Waals surface area contributed by atoms with Crippen LogP contribution in [-0.4, -0.2) is 48.5 Å². The number of amides is 1. The molecule has 0 saturated carbocycles. The van der Waals surface area contributed by atoms with Crippen LogP contribution in [0.5, 0.6) is 0 Å². The van der Waals surface area contributed by atoms with Crippen molar-refractivity contribution >= 4 is 17.4 Å². The summed E-state index contributed by atoms with van der Waals surface area (Å²) in [5, 5.41) is 3.36. The van der Waals surface area contributed by atoms with Crippen molar-refractivity contribution in [3.05, 3.63) is 54.2 Å². The number of carbonyl (C=O) groups is 1. The van der Waals surface area contributed by atoms with Crippen molar-refractivity contribution in [2.75, 3.05) is 42.9 Å². The first-order valence-corrected chi connectivity index (χ1v) is 9.72. The number of anilines is 2. The Labute approximate surface area is 162 Å². The van der Waals surface area contributed by atoms with Gasteiger partial charge in [0.2, 0.25) is 5.91 Å². The smallest absolute Gasteiger partial charge is 0.224 e. The van der Waals surface area contributed by atoms with Gasteiger partial charge in [0.05, 0.1) is 0 Å². The highest BCUT2D eigenvalue weighted by atomic mass is 16.2. The lowest BCUT2D eigenvalue weighted by Gasteiger charge is -2.35. The van der Waals surface area contributed by atoms with Crippen molar-refractivity contribution in [1.82, 2.24) is 9.88 Å². The molecule has 0 atom stereocenters. The van der Waals surface area contributed by atoms with Gasteiger partial charge in [0, 0.05) is 51.0 Å². The molecule has 1 aliphatic rings. The minimum Gasteiger partial charge on any atom is -0.385 e. The number of nitrogens with zero attached hydrogens (tertiary/aromatic N) is 3. The zero-order valence-corrected chi connectivity index (χ0v) is 16.6. The first kappa shape index (κ1) is 19.2. The number of rotatable bonds is 5. The van der Waals surface area contributed by atoms with E-state index < -0.39 is 0 Å². The molecule has 3 rings (SSSR count). The first-order chi connectivity index (χ1) is 12.9. The summed E-state index contributed by atoms with van der Waals surface area (Å²) in [7, 11) is 0. The third kappa shape index (κ3) is 5.22. The standard InChI is InChI=1S/C22H30N4O/c1-22(2,3)18-7-9-19(10-8-18)23-13-11-21(27)26-16-14-25(15-17-26)20-6-4-5-12-24-20/h4-10,12,23H,11,13-17H2,1-3H3. The second-order valence-corrected chi connectivity index (χ2v) is 8.06. The molecule has 5 heteroatoms. The van der Waals surface area contributed by atoms with Crippen LogP contribution in [0.2, 0.25) is 0 Å². The van der Waals surface area contributed by atoms with E-state index in [1.807, 2.05) is 29.3 Å². The van der Waals surface area contributed by atoms with Gasteiger partial charge < -0.3 is 15.1 Å². The van der Waals surface area contributed by atoms with Crippen molar-refractivity contribution in [3.63, 3.8) is 0 Å². The monoisotopic (exact) mass is 366 g/mol. The molecule has 0 aliphatic carbocycles. The molecule has 2 heterocycles. The van der Waals surface area contributed by atoms with Crippen LogP contribution in [0.1, 0.15) is 32.8 Å². The van der Waals surface area contributed by atoms with Crippen LogP contribution in [-0.2, 0) is 10.2 Å². The SMILES string of the molecule is CC(C)(C)c1ccc(NCCC(=O)N2CCN(c3ccccn3)CC2)cc1. The second-order valence-electron chi connectivity index (χ2n) is 8.06. The number of aromatic nitrogens is 1. The number of hydrogen-bond donors (Lipinski definition) is 1. The normalized spacial score (nSPS) is 14.9. The van der Waals surface area contributed by atoms with E-state index in [-0.39, 0.29) is 11.3 Å². The summed E-state index contributed by atoms with van der Waals surface area (Å²) < 4.78 is 0. The van der Waals surface area contributed by atoms with Crippen LogP contribution in [0.25, 0.3) is 0 Å². The zero-order valence-electron chi connectivity index (χ0n) is 16.6. The molecule has 1 amide bonds. The molecule has 1 aromatic heterocycles. The van der Waals surface area contributed by atoms with E-state index in [1.165, 1.54) is 5.56 Å². The highest BCUT2D eigenvalue weighted by Gasteiger charge is 2.21. The molecule has 1 fully saturated rings. The number of pyridine rings is 1. The quantitative estimate of drug-likeness (QED) is 0.879. The lowest BCUT2D eigenvalue weighted by atomic mass is 9.87. The Bertz CT molecular complexity index is 729. The summed E-state index contributed by atoms with van der Waals surface area (Å²) in [6.07, 6.45) is 2.33. The van der Waals surface area contributed by atoms with Gasteiger partial charge >= 0.3 is 0 Å². The predicted molar refractivity (Wildman–Crippen MR) is 111 cm³/mol. The van der Waals surface area contributed by atoms with Gasteiger partial charge in [-0.3, -0.25) is 4.79 Å². The van der Waals surface area contributed by atoms with E-state index >= 15 is 0 Å². The number of hydrogen-bond acceptors (Lipinski definition) is 4. The first-order valence-electron chi connectivity index (χ1n) is 9.72. The minimum atomic E-state index is 0.159. The predicted octanol–water partition coefficient (Wildman–Crippen LogP) is 3.53. The molecule has 27 heavy (non-hydrogen) atoms. The lowest BCUT2D eigenvalue weighted by Crippen LogP contribution is -2.49. The molecular formula is C22H30N4O. The number of benzene rings is 1. The van der Waals surface area contributed by atoms with Gasteiger partial charge in [-0.15, -0.1) is 0 Å². The molecule has 1 aromatic carbocycles. The summed E-state index contributed by atoms with van der Waals surface area (Å²) in [6, 6.07) is 14.4. The molecule has 5 nitrogen and oxygen atoms in total. The van der Waals surface area contributed by atoms with Crippen LogP contribution >= 0.6 is 0 Å². The highest BCUT2D eigenvalue weighted by molar-refractivity contribution is 5.77. The Morgan fingerprint density at radius 2 is 1.74 bits per heavy atom. The number of carbonyl (C=O) groups excluding carboxylic acids is 1. The molecule has 0 bridgehead atoms. The molecule has 0 spiro atoms. The molecule has 144 valence electrons. The average molecular weight is 367 g/mol. The minimum absolute atomic E-state index is 0.159. The lowest BCUT2D eigenvalue weighted by molar-refractivity contribution is -0.131. The van der Waals surface area contributed by atoms with E-state index in [9.17, 15) is 4.79 Å². The van der Waals surface area contributed by atoms with Gasteiger partial charge in [-0.25, -0.2) is 4.98 Å². The Morgan fingerprint density at radius 3 is 2.33 bits per heavy atom. The van der Waals surface area contributed by atoms with Gasteiger partial charge in [0.15, 0.2) is 0 Å². The van der Waals surface area contributed by atoms with E-state index in [4.69, 9.17) is 0 Å². The van der Waals surface area contributed by atoms with Crippen LogP contribution in [0.3, 0.4) is 0 Å². The average Bonchev–Trinajstić information content (AvgIpc) is 2.68. The van der Waals surface area contributed by atoms with E-state index in [1.54, 1.807) is 0 Å². The van der Waals surface area contributed by atoms with Crippen molar-refractivity contribution in [2.45, 2.75) is 32.6 Å². The maximum atomic E-state index is 12.5. The summed E-state index contributed by atoms with van der Waals surface area (Å²) in [5.41, 5.74) is 2.54. The van der Waals surface area contributed by atoms with Crippen molar-refractivity contribution in [1.29, 1.82) is 0 Å². The fourth-order valence-corrected chi connectivity index (χ4v) is 3.29. The van der Waals surface area contributed by atoms with Gasteiger partial charge in [-0.2, -0.15) is 0 Å². The Morgan fingerprint density at radius 1 is 1.04 bits per heavy atom. The Balaban J connectivity index is 1.41. The summed E-state index contributed by atoms with van der Waals surface area (Å²) in [6.45, 7) is 10.5. The van der Waals surface area contributed by atoms with Crippen molar-refractivity contribution in [2.24, 2.45) is 0 Å². The van der Waals surface area contributed by atoms with Gasteiger partial charge in [-0.1, -0.05) is 39.0 Å². The summed E-state index contributed by atoms with van der Waals surface area (Å²) >= 11 is 0. The van der Waals surface area contributed by atoms with Crippen LogP contribution < -0.4 is 10.2 Å². The third-order valence-corrected chi connectivity index (χ3v) is 5.02. The molecule has 0 radical (unpaired) electrons. The fourth-order valence-electron chi connectivity index (χ4n) is 3.29. The zero-order chi connectivity index (χ0) is 19.3. The largest absolute Gasteiger partial charge is 0.385 e. The second kappa shape index (κ2) is 8.42. The molecule has 1 saturated heterocycles. The maximum absolute atomic E-state index is 12.5. The molecule has 1 N–H and O–H groups in total. The number of piperazine rings is 1. The summed E-state index contributed by atoms with van der Waals surface area (Å²) in [4.78, 5) is 21.1. The van der Waals surface area contributed by atoms with Crippen molar-refractivity contribution < 1.29 is 4.79 Å². The van der Waals surface area contributed by atoms with Gasteiger partial charge in [-0.05, 0) is 35.2 Å². The molecule has 1 aliphatic heterocycles. The highest BCUT2D eigenvalue weighted by Crippen LogP contribution is 2.23. The van der Waals surface area contributed by atoms with Crippen LogP contribution in [0.4, 0.5) is 11.5 Å². The fraction of sp³-hybridized carbons (Fsp3) is 0.455. The van der Waals surface area contributed by atoms with E-state index in [0.29, 0.717) is 13.0 Å². The van der Waals surface area contributed by atoms with Crippen LogP contribution in [0.15, 0.2) is 48.7 Å². The maximum Gasteiger partial charge on any atom is 0.224 e. The topological polar surface area (TPSA) is 48.5 Å². The third-order valence-electron chi connectivity index (χ3n) is 5.02. The number of nitrogens with one attached hydrogen (secondary N) is 1. The Hall–Kier alpha value is -2.56. The molecule has 2 aromatic rings. The summed E-state index contributed by atoms with van der Waals surface area (Å²) in [5.74, 6) is 1.21. The van der Waals surface area contributed by atoms with E-state index in [2.05, 4.69) is 60.2 Å². The van der Waals surface area contributed by atoms with Gasteiger partial charge in [0.1, 0.15) is 5.82 Å². The van der Waals surface area contributed by atoms with E-state index in [0.717, 1.165) is 37.7 Å². The molecule has 0 unspecified atom stereocenters. The molecular weight excluding hydrogens is 336 g/mol. The van der Waals surface area contributed by atoms with Crippen LogP contribution in [0, 0.1) is 0 Å². The van der Waals surface area contributed by atoms with Crippen molar-refractivity contribution in [3.8, 4) is 0 Å².